The van der Waals surface area contributed by atoms with Crippen LogP contribution in [0.25, 0.3) is 0 Å². The second kappa shape index (κ2) is 5.30. The number of carboxylic acid groups (broad SMARTS) is 1. The third-order valence-corrected chi connectivity index (χ3v) is 2.54. The van der Waals surface area contributed by atoms with Crippen molar-refractivity contribution in [3.05, 3.63) is 53.9 Å². The Morgan fingerprint density at radius 3 is 2.53 bits per heavy atom. The molecule has 0 atom stereocenters. The molecule has 0 radical (unpaired) electrons. The third-order valence-electron chi connectivity index (χ3n) is 2.54. The van der Waals surface area contributed by atoms with Crippen molar-refractivity contribution in [2.45, 2.75) is 6.92 Å². The van der Waals surface area contributed by atoms with Gasteiger partial charge in [0.25, 0.3) is 0 Å². The van der Waals surface area contributed by atoms with Crippen molar-refractivity contribution in [2.24, 2.45) is 0 Å². The Bertz CT molecular complexity index is 583. The van der Waals surface area contributed by atoms with Gasteiger partial charge in [0.2, 0.25) is 0 Å². The van der Waals surface area contributed by atoms with Gasteiger partial charge in [-0.15, -0.1) is 0 Å². The number of pyridine rings is 1. The standard InChI is InChI=1S/C14H12N2O3/c1-9(17)10-3-2-4-12(5-10)16-13-6-11(14(18)19)7-15-8-13/h2-8,16H,1H3,(H,18,19). The van der Waals surface area contributed by atoms with E-state index in [4.69, 9.17) is 5.11 Å². The molecule has 0 saturated carbocycles. The van der Waals surface area contributed by atoms with E-state index in [2.05, 4.69) is 10.3 Å². The summed E-state index contributed by atoms with van der Waals surface area (Å²) in [6.45, 7) is 1.49. The lowest BCUT2D eigenvalue weighted by molar-refractivity contribution is 0.0696. The van der Waals surface area contributed by atoms with Crippen molar-refractivity contribution in [1.29, 1.82) is 0 Å². The van der Waals surface area contributed by atoms with Crippen LogP contribution in [0.2, 0.25) is 0 Å². The summed E-state index contributed by atoms with van der Waals surface area (Å²) < 4.78 is 0. The monoisotopic (exact) mass is 256 g/mol. The van der Waals surface area contributed by atoms with E-state index in [0.29, 0.717) is 16.9 Å². The van der Waals surface area contributed by atoms with Gasteiger partial charge in [-0.2, -0.15) is 0 Å². The number of rotatable bonds is 4. The number of nitrogens with one attached hydrogen (secondary N) is 1. The topological polar surface area (TPSA) is 79.3 Å². The van der Waals surface area contributed by atoms with Gasteiger partial charge in [0, 0.05) is 17.4 Å². The molecule has 0 unspecified atom stereocenters. The summed E-state index contributed by atoms with van der Waals surface area (Å²) in [5.41, 5.74) is 1.96. The van der Waals surface area contributed by atoms with Crippen LogP contribution in [0.5, 0.6) is 0 Å². The van der Waals surface area contributed by atoms with Gasteiger partial charge in [-0.1, -0.05) is 12.1 Å². The first-order valence-corrected chi connectivity index (χ1v) is 5.62. The lowest BCUT2D eigenvalue weighted by Crippen LogP contribution is -2.00. The van der Waals surface area contributed by atoms with Gasteiger partial charge in [-0.05, 0) is 25.1 Å². The molecule has 2 rings (SSSR count). The number of carbonyl (C=O) groups is 2. The van der Waals surface area contributed by atoms with Crippen molar-refractivity contribution in [3.63, 3.8) is 0 Å². The molecule has 96 valence electrons. The van der Waals surface area contributed by atoms with Gasteiger partial charge in [0.1, 0.15) is 0 Å². The van der Waals surface area contributed by atoms with Crippen LogP contribution in [0, 0.1) is 0 Å². The second-order valence-corrected chi connectivity index (χ2v) is 4.03. The molecule has 0 amide bonds. The predicted octanol–water partition coefficient (Wildman–Crippen LogP) is 2.73. The zero-order valence-electron chi connectivity index (χ0n) is 10.3. The maximum atomic E-state index is 11.3. The number of aromatic carboxylic acids is 1. The van der Waals surface area contributed by atoms with E-state index in [1.807, 2.05) is 0 Å². The van der Waals surface area contributed by atoms with Crippen LogP contribution in [-0.4, -0.2) is 21.8 Å². The van der Waals surface area contributed by atoms with Crippen molar-refractivity contribution in [2.75, 3.05) is 5.32 Å². The number of Topliss-reactive ketones (excluding diaryl/α,β-unsaturated/α-hetero) is 1. The number of hydrogen-bond donors (Lipinski definition) is 2. The molecule has 0 aliphatic carbocycles. The zero-order valence-corrected chi connectivity index (χ0v) is 10.3. The van der Waals surface area contributed by atoms with Gasteiger partial charge in [-0.25, -0.2) is 4.79 Å². The van der Waals surface area contributed by atoms with Crippen LogP contribution in [0.3, 0.4) is 0 Å². The molecule has 5 heteroatoms. The highest BCUT2D eigenvalue weighted by molar-refractivity contribution is 5.95. The first-order valence-electron chi connectivity index (χ1n) is 5.62. The van der Waals surface area contributed by atoms with Crippen molar-refractivity contribution in [3.8, 4) is 0 Å². The fourth-order valence-corrected chi connectivity index (χ4v) is 1.61. The Kier molecular flexibility index (Phi) is 3.56. The summed E-state index contributed by atoms with van der Waals surface area (Å²) in [6, 6.07) is 8.46. The minimum Gasteiger partial charge on any atom is -0.478 e. The smallest absolute Gasteiger partial charge is 0.337 e. The SMILES string of the molecule is CC(=O)c1cccc(Nc2cncc(C(=O)O)c2)c1. The summed E-state index contributed by atoms with van der Waals surface area (Å²) in [5, 5.41) is 11.9. The molecule has 19 heavy (non-hydrogen) atoms. The maximum Gasteiger partial charge on any atom is 0.337 e. The van der Waals surface area contributed by atoms with E-state index < -0.39 is 5.97 Å². The molecule has 1 aromatic carbocycles. The van der Waals surface area contributed by atoms with E-state index in [1.165, 1.54) is 25.4 Å². The van der Waals surface area contributed by atoms with Crippen LogP contribution in [0.1, 0.15) is 27.6 Å². The number of ketones is 1. The van der Waals surface area contributed by atoms with Gasteiger partial charge in [0.15, 0.2) is 5.78 Å². The number of nitrogens with zero attached hydrogens (tertiary/aromatic N) is 1. The Hall–Kier alpha value is -2.69. The number of carboxylic acids is 1. The minimum absolute atomic E-state index is 0.0268. The van der Waals surface area contributed by atoms with Gasteiger partial charge in [0.05, 0.1) is 17.4 Å². The molecular formula is C14H12N2O3. The van der Waals surface area contributed by atoms with Crippen LogP contribution < -0.4 is 5.32 Å². The number of hydrogen-bond acceptors (Lipinski definition) is 4. The third kappa shape index (κ3) is 3.16. The first kappa shape index (κ1) is 12.8. The predicted molar refractivity (Wildman–Crippen MR) is 70.9 cm³/mol. The van der Waals surface area contributed by atoms with Crippen LogP contribution >= 0.6 is 0 Å². The van der Waals surface area contributed by atoms with Crippen LogP contribution in [-0.2, 0) is 0 Å². The summed E-state index contributed by atoms with van der Waals surface area (Å²) in [6.07, 6.45) is 2.80. The first-order chi connectivity index (χ1) is 9.06. The molecule has 1 aromatic heterocycles. The van der Waals surface area contributed by atoms with Gasteiger partial charge < -0.3 is 10.4 Å². The molecule has 5 nitrogen and oxygen atoms in total. The quantitative estimate of drug-likeness (QED) is 0.822. The molecule has 2 aromatic rings. The summed E-state index contributed by atoms with van der Waals surface area (Å²) in [4.78, 5) is 26.0. The molecule has 0 spiro atoms. The van der Waals surface area contributed by atoms with Crippen molar-refractivity contribution in [1.82, 2.24) is 4.98 Å². The number of benzene rings is 1. The van der Waals surface area contributed by atoms with Gasteiger partial charge in [-0.3, -0.25) is 9.78 Å². The number of anilines is 2. The molecule has 0 aliphatic heterocycles. The highest BCUT2D eigenvalue weighted by atomic mass is 16.4. The van der Waals surface area contributed by atoms with E-state index >= 15 is 0 Å². The summed E-state index contributed by atoms with van der Waals surface area (Å²) >= 11 is 0. The summed E-state index contributed by atoms with van der Waals surface area (Å²) in [5.74, 6) is -1.06. The average Bonchev–Trinajstić information content (AvgIpc) is 2.39. The van der Waals surface area contributed by atoms with Crippen LogP contribution in [0.4, 0.5) is 11.4 Å². The maximum absolute atomic E-state index is 11.3. The average molecular weight is 256 g/mol. The fraction of sp³-hybridized carbons (Fsp3) is 0.0714. The fourth-order valence-electron chi connectivity index (χ4n) is 1.61. The normalized spacial score (nSPS) is 9.95. The number of aromatic nitrogens is 1. The van der Waals surface area contributed by atoms with Crippen LogP contribution in [0.15, 0.2) is 42.7 Å². The zero-order chi connectivity index (χ0) is 13.8. The lowest BCUT2D eigenvalue weighted by atomic mass is 10.1. The molecule has 0 aliphatic rings. The molecule has 0 saturated heterocycles. The lowest BCUT2D eigenvalue weighted by Gasteiger charge is -2.07. The Morgan fingerprint density at radius 1 is 1.11 bits per heavy atom. The molecule has 2 N–H and O–H groups in total. The van der Waals surface area contributed by atoms with E-state index in [1.54, 1.807) is 24.3 Å². The Labute approximate surface area is 109 Å². The van der Waals surface area contributed by atoms with E-state index in [9.17, 15) is 9.59 Å². The molecular weight excluding hydrogens is 244 g/mol. The molecule has 0 fully saturated rings. The van der Waals surface area contributed by atoms with Crippen molar-refractivity contribution < 1.29 is 14.7 Å². The minimum atomic E-state index is -1.03. The van der Waals surface area contributed by atoms with E-state index in [-0.39, 0.29) is 11.3 Å². The van der Waals surface area contributed by atoms with Gasteiger partial charge >= 0.3 is 5.97 Å². The Balaban J connectivity index is 2.26. The molecule has 0 bridgehead atoms. The molecule has 1 heterocycles. The highest BCUT2D eigenvalue weighted by Crippen LogP contribution is 2.18. The largest absolute Gasteiger partial charge is 0.478 e. The Morgan fingerprint density at radius 2 is 1.84 bits per heavy atom. The highest BCUT2D eigenvalue weighted by Gasteiger charge is 2.05. The summed E-state index contributed by atoms with van der Waals surface area (Å²) in [7, 11) is 0. The van der Waals surface area contributed by atoms with Crippen molar-refractivity contribution >= 4 is 23.1 Å². The van der Waals surface area contributed by atoms with E-state index in [0.717, 1.165) is 0 Å². The number of carbonyl (C=O) groups excluding carboxylic acids is 1. The second-order valence-electron chi connectivity index (χ2n) is 4.03.